The summed E-state index contributed by atoms with van der Waals surface area (Å²) in [5.74, 6) is 0. The molecule has 1 heterocycles. The van der Waals surface area contributed by atoms with Crippen LogP contribution in [0.3, 0.4) is 0 Å². The molecule has 17 heavy (non-hydrogen) atoms. The summed E-state index contributed by atoms with van der Waals surface area (Å²) < 4.78 is 0. The van der Waals surface area contributed by atoms with Crippen LogP contribution in [0.5, 0.6) is 0 Å². The van der Waals surface area contributed by atoms with Gasteiger partial charge in [0.15, 0.2) is 0 Å². The Hall–Kier alpha value is -1.33. The van der Waals surface area contributed by atoms with Crippen LogP contribution in [0.25, 0.3) is 0 Å². The van der Waals surface area contributed by atoms with E-state index in [1.54, 1.807) is 0 Å². The molecule has 2 rings (SSSR count). The number of nitrogens with zero attached hydrogens (tertiary/aromatic N) is 1. The first kappa shape index (κ1) is 12.1. The van der Waals surface area contributed by atoms with Crippen LogP contribution in [0.2, 0.25) is 0 Å². The first-order valence-electron chi connectivity index (χ1n) is 6.33. The Morgan fingerprint density at radius 3 is 2.53 bits per heavy atom. The third-order valence-electron chi connectivity index (χ3n) is 3.53. The van der Waals surface area contributed by atoms with Gasteiger partial charge in [-0.15, -0.1) is 0 Å². The van der Waals surface area contributed by atoms with E-state index >= 15 is 0 Å². The molecule has 2 nitrogen and oxygen atoms in total. The van der Waals surface area contributed by atoms with Gasteiger partial charge in [0.25, 0.3) is 0 Å². The zero-order valence-corrected chi connectivity index (χ0v) is 10.7. The number of piperidine rings is 1. The monoisotopic (exact) mass is 228 g/mol. The van der Waals surface area contributed by atoms with Crippen LogP contribution in [-0.2, 0) is 6.42 Å². The van der Waals surface area contributed by atoms with Crippen LogP contribution < -0.4 is 5.32 Å². The van der Waals surface area contributed by atoms with Crippen molar-refractivity contribution < 1.29 is 0 Å². The van der Waals surface area contributed by atoms with Crippen LogP contribution in [-0.4, -0.2) is 13.1 Å². The van der Waals surface area contributed by atoms with E-state index < -0.39 is 0 Å². The van der Waals surface area contributed by atoms with Gasteiger partial charge in [-0.2, -0.15) is 5.26 Å². The number of benzene rings is 1. The number of hydrogen-bond donors (Lipinski definition) is 1. The second-order valence-corrected chi connectivity index (χ2v) is 5.35. The zero-order valence-electron chi connectivity index (χ0n) is 10.7. The molecule has 2 heteroatoms. The molecule has 0 aliphatic carbocycles. The van der Waals surface area contributed by atoms with Gasteiger partial charge in [0.1, 0.15) is 0 Å². The Bertz CT molecular complexity index is 416. The fourth-order valence-corrected chi connectivity index (χ4v) is 2.82. The number of rotatable bonds is 2. The van der Waals surface area contributed by atoms with Crippen molar-refractivity contribution in [3.8, 4) is 6.07 Å². The molecule has 0 bridgehead atoms. The third-order valence-corrected chi connectivity index (χ3v) is 3.53. The SMILES string of the molecule is Cc1cc(C)cc(CC2(C#N)CCCNC2)c1. The maximum absolute atomic E-state index is 9.45. The van der Waals surface area contributed by atoms with Crippen LogP contribution in [0.1, 0.15) is 29.5 Å². The Kier molecular flexibility index (Phi) is 3.49. The maximum atomic E-state index is 9.45. The molecule has 1 aromatic rings. The van der Waals surface area contributed by atoms with Crippen LogP contribution in [0.4, 0.5) is 0 Å². The highest BCUT2D eigenvalue weighted by atomic mass is 14.9. The van der Waals surface area contributed by atoms with Crippen molar-refractivity contribution in [2.75, 3.05) is 13.1 Å². The Morgan fingerprint density at radius 1 is 1.29 bits per heavy atom. The fraction of sp³-hybridized carbons (Fsp3) is 0.533. The molecule has 1 fully saturated rings. The average molecular weight is 228 g/mol. The summed E-state index contributed by atoms with van der Waals surface area (Å²) in [6.07, 6.45) is 3.00. The predicted octanol–water partition coefficient (Wildman–Crippen LogP) is 2.74. The van der Waals surface area contributed by atoms with Gasteiger partial charge in [0.05, 0.1) is 11.5 Å². The first-order chi connectivity index (χ1) is 8.13. The molecule has 1 atom stereocenters. The average Bonchev–Trinajstić information content (AvgIpc) is 2.29. The Balaban J connectivity index is 2.21. The summed E-state index contributed by atoms with van der Waals surface area (Å²) in [6, 6.07) is 9.14. The van der Waals surface area contributed by atoms with Crippen LogP contribution in [0.15, 0.2) is 18.2 Å². The minimum absolute atomic E-state index is 0.196. The molecule has 1 unspecified atom stereocenters. The van der Waals surface area contributed by atoms with Crippen molar-refractivity contribution in [2.24, 2.45) is 5.41 Å². The lowest BCUT2D eigenvalue weighted by atomic mass is 9.77. The first-order valence-corrected chi connectivity index (χ1v) is 6.33. The summed E-state index contributed by atoms with van der Waals surface area (Å²) in [6.45, 7) is 6.12. The molecule has 0 radical (unpaired) electrons. The molecule has 1 N–H and O–H groups in total. The van der Waals surface area contributed by atoms with Gasteiger partial charge in [-0.25, -0.2) is 0 Å². The fourth-order valence-electron chi connectivity index (χ4n) is 2.82. The molecule has 1 aliphatic heterocycles. The normalized spacial score (nSPS) is 24.3. The highest BCUT2D eigenvalue weighted by Crippen LogP contribution is 2.30. The van der Waals surface area contributed by atoms with E-state index in [0.29, 0.717) is 0 Å². The quantitative estimate of drug-likeness (QED) is 0.845. The van der Waals surface area contributed by atoms with E-state index in [9.17, 15) is 5.26 Å². The Labute approximate surface area is 104 Å². The largest absolute Gasteiger partial charge is 0.315 e. The lowest BCUT2D eigenvalue weighted by Crippen LogP contribution is -2.40. The van der Waals surface area contributed by atoms with Gasteiger partial charge < -0.3 is 5.32 Å². The molecule has 0 aromatic heterocycles. The van der Waals surface area contributed by atoms with Crippen molar-refractivity contribution in [1.29, 1.82) is 5.26 Å². The maximum Gasteiger partial charge on any atom is 0.0738 e. The van der Waals surface area contributed by atoms with Gasteiger partial charge >= 0.3 is 0 Å². The summed E-state index contributed by atoms with van der Waals surface area (Å²) in [5.41, 5.74) is 3.68. The van der Waals surface area contributed by atoms with E-state index in [1.807, 2.05) is 0 Å². The van der Waals surface area contributed by atoms with E-state index in [4.69, 9.17) is 0 Å². The van der Waals surface area contributed by atoms with Gasteiger partial charge in [-0.3, -0.25) is 0 Å². The number of nitriles is 1. The minimum atomic E-state index is -0.196. The number of hydrogen-bond acceptors (Lipinski definition) is 2. The molecule has 0 saturated carbocycles. The van der Waals surface area contributed by atoms with Gasteiger partial charge in [-0.05, 0) is 45.2 Å². The summed E-state index contributed by atoms with van der Waals surface area (Å²) in [7, 11) is 0. The van der Waals surface area contributed by atoms with Crippen molar-refractivity contribution >= 4 is 0 Å². The van der Waals surface area contributed by atoms with Crippen molar-refractivity contribution in [2.45, 2.75) is 33.1 Å². The molecule has 0 amide bonds. The molecule has 1 aliphatic rings. The van der Waals surface area contributed by atoms with Gasteiger partial charge in [0.2, 0.25) is 0 Å². The van der Waals surface area contributed by atoms with E-state index in [1.165, 1.54) is 16.7 Å². The molecular weight excluding hydrogens is 208 g/mol. The van der Waals surface area contributed by atoms with Gasteiger partial charge in [-0.1, -0.05) is 29.3 Å². The second kappa shape index (κ2) is 4.89. The standard InChI is InChI=1S/C15H20N2/c1-12-6-13(2)8-14(7-12)9-15(10-16)4-3-5-17-11-15/h6-8,17H,3-5,9,11H2,1-2H3. The topological polar surface area (TPSA) is 35.8 Å². The van der Waals surface area contributed by atoms with E-state index in [-0.39, 0.29) is 5.41 Å². The lowest BCUT2D eigenvalue weighted by Gasteiger charge is -2.31. The van der Waals surface area contributed by atoms with Crippen molar-refractivity contribution in [1.82, 2.24) is 5.32 Å². The van der Waals surface area contributed by atoms with Crippen molar-refractivity contribution in [3.05, 3.63) is 34.9 Å². The molecule has 90 valence electrons. The van der Waals surface area contributed by atoms with E-state index in [2.05, 4.69) is 43.4 Å². The Morgan fingerprint density at radius 2 is 2.00 bits per heavy atom. The summed E-state index contributed by atoms with van der Waals surface area (Å²) in [5, 5.41) is 12.8. The number of nitrogens with one attached hydrogen (secondary N) is 1. The highest BCUT2D eigenvalue weighted by molar-refractivity contribution is 5.30. The lowest BCUT2D eigenvalue weighted by molar-refractivity contribution is 0.286. The zero-order chi connectivity index (χ0) is 12.3. The molecule has 0 spiro atoms. The smallest absolute Gasteiger partial charge is 0.0738 e. The third kappa shape index (κ3) is 2.87. The summed E-state index contributed by atoms with van der Waals surface area (Å²) in [4.78, 5) is 0. The second-order valence-electron chi connectivity index (χ2n) is 5.35. The molecular formula is C15H20N2. The summed E-state index contributed by atoms with van der Waals surface area (Å²) >= 11 is 0. The number of aryl methyl sites for hydroxylation is 2. The van der Waals surface area contributed by atoms with Crippen molar-refractivity contribution in [3.63, 3.8) is 0 Å². The van der Waals surface area contributed by atoms with Crippen LogP contribution >= 0.6 is 0 Å². The minimum Gasteiger partial charge on any atom is -0.315 e. The van der Waals surface area contributed by atoms with Gasteiger partial charge in [0, 0.05) is 6.54 Å². The van der Waals surface area contributed by atoms with E-state index in [0.717, 1.165) is 32.4 Å². The molecule has 1 aromatic carbocycles. The van der Waals surface area contributed by atoms with Crippen LogP contribution in [0, 0.1) is 30.6 Å². The predicted molar refractivity (Wildman–Crippen MR) is 69.8 cm³/mol. The molecule has 1 saturated heterocycles. The highest BCUT2D eigenvalue weighted by Gasteiger charge is 2.32.